The van der Waals surface area contributed by atoms with Crippen LogP contribution in [0.3, 0.4) is 0 Å². The topological polar surface area (TPSA) is 86.8 Å². The van der Waals surface area contributed by atoms with Crippen LogP contribution in [0.25, 0.3) is 10.8 Å². The Balaban J connectivity index is 1.49. The van der Waals surface area contributed by atoms with E-state index < -0.39 is 16.1 Å². The summed E-state index contributed by atoms with van der Waals surface area (Å²) in [7, 11) is -3.66. The summed E-state index contributed by atoms with van der Waals surface area (Å²) >= 11 is 0. The number of sulfonamides is 1. The summed E-state index contributed by atoms with van der Waals surface area (Å²) in [6, 6.07) is 19.7. The van der Waals surface area contributed by atoms with Crippen LogP contribution in [0.5, 0.6) is 0 Å². The molecule has 0 radical (unpaired) electrons. The third kappa shape index (κ3) is 5.03. The molecule has 7 nitrogen and oxygen atoms in total. The van der Waals surface area contributed by atoms with Crippen molar-refractivity contribution in [2.45, 2.75) is 57.1 Å². The van der Waals surface area contributed by atoms with E-state index in [1.54, 1.807) is 30.0 Å². The number of benzene rings is 3. The predicted octanol–water partition coefficient (Wildman–Crippen LogP) is 4.07. The molecule has 3 aromatic rings. The fraction of sp³-hybridized carbons (Fsp3) is 0.333. The summed E-state index contributed by atoms with van der Waals surface area (Å²) in [5, 5.41) is 4.48. The van der Waals surface area contributed by atoms with Gasteiger partial charge in [-0.2, -0.15) is 0 Å². The van der Waals surface area contributed by atoms with Crippen LogP contribution in [0.1, 0.15) is 39.2 Å². The van der Waals surface area contributed by atoms with E-state index in [4.69, 9.17) is 0 Å². The summed E-state index contributed by atoms with van der Waals surface area (Å²) in [6.45, 7) is 5.97. The number of nitrogens with one attached hydrogen (secondary N) is 1. The fourth-order valence-corrected chi connectivity index (χ4v) is 6.23. The zero-order chi connectivity index (χ0) is 25.2. The molecule has 1 aliphatic heterocycles. The van der Waals surface area contributed by atoms with Gasteiger partial charge in [0.15, 0.2) is 0 Å². The minimum atomic E-state index is -3.66. The van der Waals surface area contributed by atoms with Gasteiger partial charge in [-0.3, -0.25) is 13.9 Å². The van der Waals surface area contributed by atoms with Crippen molar-refractivity contribution in [3.8, 4) is 0 Å². The van der Waals surface area contributed by atoms with Crippen LogP contribution in [0.4, 0.5) is 5.69 Å². The number of nitrogens with zero attached hydrogens (tertiary/aromatic N) is 2. The van der Waals surface area contributed by atoms with Crippen molar-refractivity contribution in [1.82, 2.24) is 10.2 Å². The highest BCUT2D eigenvalue weighted by Crippen LogP contribution is 2.42. The van der Waals surface area contributed by atoms with Crippen molar-refractivity contribution < 1.29 is 18.0 Å². The van der Waals surface area contributed by atoms with Crippen LogP contribution in [0.15, 0.2) is 71.6 Å². The van der Waals surface area contributed by atoms with Crippen molar-refractivity contribution in [3.05, 3.63) is 72.3 Å². The first-order chi connectivity index (χ1) is 16.7. The maximum Gasteiger partial charge on any atom is 0.265 e. The monoisotopic (exact) mass is 493 g/mol. The average molecular weight is 494 g/mol. The van der Waals surface area contributed by atoms with Gasteiger partial charge in [0.05, 0.1) is 10.6 Å². The molecular weight excluding hydrogens is 462 g/mol. The normalized spacial score (nSPS) is 14.8. The Morgan fingerprint density at radius 1 is 0.943 bits per heavy atom. The molecule has 1 atom stereocenters. The third-order valence-electron chi connectivity index (χ3n) is 6.23. The standard InChI is InChI=1S/C27H31N3O4S/c1-19(2)28-27(32)20(3)29(18-21-10-5-4-6-11-21)25(31)16-9-17-30-23-14-7-12-22-13-8-15-24(26(22)23)35(30,33)34/h4-8,10-15,19-20H,9,16-18H2,1-3H3,(H,28,32). The quantitative estimate of drug-likeness (QED) is 0.487. The lowest BCUT2D eigenvalue weighted by atomic mass is 10.1. The zero-order valence-electron chi connectivity index (χ0n) is 20.3. The van der Waals surface area contributed by atoms with Gasteiger partial charge in [0.1, 0.15) is 6.04 Å². The molecular formula is C27H31N3O4S. The van der Waals surface area contributed by atoms with Gasteiger partial charge in [0.25, 0.3) is 10.0 Å². The molecule has 3 aromatic carbocycles. The van der Waals surface area contributed by atoms with Crippen molar-refractivity contribution in [2.75, 3.05) is 10.8 Å². The van der Waals surface area contributed by atoms with Crippen LogP contribution in [0, 0.1) is 0 Å². The Bertz CT molecular complexity index is 1330. The number of rotatable bonds is 9. The molecule has 2 amide bonds. The molecule has 1 heterocycles. The predicted molar refractivity (Wildman–Crippen MR) is 137 cm³/mol. The van der Waals surface area contributed by atoms with Gasteiger partial charge in [-0.25, -0.2) is 8.42 Å². The average Bonchev–Trinajstić information content (AvgIpc) is 3.05. The molecule has 184 valence electrons. The summed E-state index contributed by atoms with van der Waals surface area (Å²) in [5.74, 6) is -0.402. The van der Waals surface area contributed by atoms with E-state index in [1.165, 1.54) is 4.31 Å². The van der Waals surface area contributed by atoms with E-state index in [-0.39, 0.29) is 30.8 Å². The highest BCUT2D eigenvalue weighted by atomic mass is 32.2. The van der Waals surface area contributed by atoms with Crippen LogP contribution in [-0.4, -0.2) is 43.8 Å². The first-order valence-corrected chi connectivity index (χ1v) is 13.3. The molecule has 1 aliphatic rings. The van der Waals surface area contributed by atoms with Crippen LogP contribution < -0.4 is 9.62 Å². The minimum Gasteiger partial charge on any atom is -0.352 e. The number of hydrogen-bond acceptors (Lipinski definition) is 4. The SMILES string of the molecule is CC(C)NC(=O)C(C)N(Cc1ccccc1)C(=O)CCCN1c2cccc3cccc(c23)S1(=O)=O. The van der Waals surface area contributed by atoms with Gasteiger partial charge < -0.3 is 10.2 Å². The van der Waals surface area contributed by atoms with E-state index in [9.17, 15) is 18.0 Å². The van der Waals surface area contributed by atoms with Gasteiger partial charge in [-0.1, -0.05) is 54.6 Å². The second-order valence-electron chi connectivity index (χ2n) is 9.16. The van der Waals surface area contributed by atoms with E-state index in [2.05, 4.69) is 5.32 Å². The number of amides is 2. The number of carbonyl (C=O) groups is 2. The lowest BCUT2D eigenvalue weighted by molar-refractivity contribution is -0.140. The van der Waals surface area contributed by atoms with Gasteiger partial charge in [0.2, 0.25) is 11.8 Å². The van der Waals surface area contributed by atoms with Gasteiger partial charge >= 0.3 is 0 Å². The Labute approximate surface area is 206 Å². The van der Waals surface area contributed by atoms with Crippen molar-refractivity contribution in [2.24, 2.45) is 0 Å². The molecule has 0 fully saturated rings. The molecule has 0 saturated carbocycles. The molecule has 0 bridgehead atoms. The molecule has 8 heteroatoms. The second-order valence-corrected chi connectivity index (χ2v) is 11.0. The molecule has 1 N–H and O–H groups in total. The van der Waals surface area contributed by atoms with Gasteiger partial charge in [0, 0.05) is 30.9 Å². The first kappa shape index (κ1) is 24.7. The van der Waals surface area contributed by atoms with Crippen LogP contribution >= 0.6 is 0 Å². The van der Waals surface area contributed by atoms with Crippen molar-refractivity contribution in [1.29, 1.82) is 0 Å². The molecule has 0 spiro atoms. The molecule has 1 unspecified atom stereocenters. The number of carbonyl (C=O) groups excluding carboxylic acids is 2. The zero-order valence-corrected chi connectivity index (χ0v) is 21.1. The van der Waals surface area contributed by atoms with Gasteiger partial charge in [-0.15, -0.1) is 0 Å². The summed E-state index contributed by atoms with van der Waals surface area (Å²) in [6.07, 6.45) is 0.469. The highest BCUT2D eigenvalue weighted by molar-refractivity contribution is 7.93. The van der Waals surface area contributed by atoms with Crippen LogP contribution in [-0.2, 0) is 26.2 Å². The van der Waals surface area contributed by atoms with Gasteiger partial charge in [-0.05, 0) is 50.3 Å². The van der Waals surface area contributed by atoms with E-state index in [0.717, 1.165) is 16.3 Å². The minimum absolute atomic E-state index is 0.0386. The van der Waals surface area contributed by atoms with E-state index in [0.29, 0.717) is 23.5 Å². The molecule has 0 aromatic heterocycles. The van der Waals surface area contributed by atoms with Crippen molar-refractivity contribution >= 4 is 38.3 Å². The second kappa shape index (κ2) is 10.1. The Morgan fingerprint density at radius 3 is 2.31 bits per heavy atom. The smallest absolute Gasteiger partial charge is 0.265 e. The Hall–Kier alpha value is -3.39. The third-order valence-corrected chi connectivity index (χ3v) is 8.08. The Morgan fingerprint density at radius 2 is 1.63 bits per heavy atom. The molecule has 35 heavy (non-hydrogen) atoms. The summed E-state index contributed by atoms with van der Waals surface area (Å²) < 4.78 is 27.8. The summed E-state index contributed by atoms with van der Waals surface area (Å²) in [4.78, 5) is 27.9. The maximum atomic E-state index is 13.3. The number of anilines is 1. The maximum absolute atomic E-state index is 13.3. The lowest BCUT2D eigenvalue weighted by Gasteiger charge is -2.29. The molecule has 0 saturated heterocycles. The van der Waals surface area contributed by atoms with Crippen molar-refractivity contribution in [3.63, 3.8) is 0 Å². The first-order valence-electron chi connectivity index (χ1n) is 11.9. The van der Waals surface area contributed by atoms with Crippen LogP contribution in [0.2, 0.25) is 0 Å². The number of hydrogen-bond donors (Lipinski definition) is 1. The largest absolute Gasteiger partial charge is 0.352 e. The highest BCUT2D eigenvalue weighted by Gasteiger charge is 2.35. The summed E-state index contributed by atoms with van der Waals surface area (Å²) in [5.41, 5.74) is 1.57. The molecule has 0 aliphatic carbocycles. The Kier molecular flexibility index (Phi) is 7.12. The fourth-order valence-electron chi connectivity index (χ4n) is 4.48. The lowest BCUT2D eigenvalue weighted by Crippen LogP contribution is -2.49. The molecule has 4 rings (SSSR count). The van der Waals surface area contributed by atoms with E-state index in [1.807, 2.05) is 62.4 Å². The van der Waals surface area contributed by atoms with E-state index >= 15 is 0 Å².